The summed E-state index contributed by atoms with van der Waals surface area (Å²) >= 11 is 1.11. The van der Waals surface area contributed by atoms with Crippen LogP contribution < -0.4 is 11.1 Å². The number of amides is 2. The molecule has 0 radical (unpaired) electrons. The fourth-order valence-electron chi connectivity index (χ4n) is 2.67. The largest absolute Gasteiger partial charge is 0.519 e. The predicted molar refractivity (Wildman–Crippen MR) is 106 cm³/mol. The van der Waals surface area contributed by atoms with Crippen molar-refractivity contribution in [2.45, 2.75) is 32.5 Å². The molecule has 0 spiro atoms. The van der Waals surface area contributed by atoms with E-state index in [4.69, 9.17) is 18.3 Å². The number of hydrogen-bond donors (Lipinski definition) is 2. The molecular weight excluding hydrogens is 434 g/mol. The summed E-state index contributed by atoms with van der Waals surface area (Å²) in [7, 11) is 2.62. The molecule has 0 aliphatic rings. The van der Waals surface area contributed by atoms with E-state index in [0.717, 1.165) is 16.2 Å². The maximum absolute atomic E-state index is 13.2. The van der Waals surface area contributed by atoms with E-state index in [-0.39, 0.29) is 36.2 Å². The molecule has 2 amide bonds. The summed E-state index contributed by atoms with van der Waals surface area (Å²) in [5.41, 5.74) is 0. The fraction of sp³-hybridized carbons (Fsp3) is 0.500. The summed E-state index contributed by atoms with van der Waals surface area (Å²) < 4.78 is 19.8. The van der Waals surface area contributed by atoms with Gasteiger partial charge in [0.2, 0.25) is 5.91 Å². The number of carboxylic acid groups (broad SMARTS) is 1. The Balaban J connectivity index is 2.41. The van der Waals surface area contributed by atoms with Gasteiger partial charge in [0, 0.05) is 14.2 Å². The number of aliphatic carboxylic acids is 1. The van der Waals surface area contributed by atoms with Crippen LogP contribution in [0.5, 0.6) is 0 Å². The third-order valence-corrected chi connectivity index (χ3v) is 5.09. The molecule has 2 aromatic rings. The van der Waals surface area contributed by atoms with E-state index in [1.807, 2.05) is 0 Å². The topological polar surface area (TPSA) is 161 Å². The van der Waals surface area contributed by atoms with E-state index >= 15 is 0 Å². The molecule has 13 heteroatoms. The molecule has 2 atom stereocenters. The average Bonchev–Trinajstić information content (AvgIpc) is 3.28. The van der Waals surface area contributed by atoms with Gasteiger partial charge in [-0.15, -0.1) is 11.3 Å². The standard InChI is InChI=1S/C18H23N3O9S/c1-9-13(30-18(26)29-9)6-21(16(23)14-5-19-10(2)31-14)12(8-28-4)15(22)20-11(7-27-3)17(24)25/h5,11-12H,6-8H2,1-4H3,(H,20,22)(H,24,25)/t11-,12-/m0/s1. The van der Waals surface area contributed by atoms with Gasteiger partial charge in [-0.2, -0.15) is 0 Å². The van der Waals surface area contributed by atoms with Crippen LogP contribution in [-0.4, -0.2) is 72.3 Å². The van der Waals surface area contributed by atoms with E-state index in [1.165, 1.54) is 27.3 Å². The molecular formula is C18H23N3O9S. The van der Waals surface area contributed by atoms with E-state index in [0.29, 0.717) is 5.01 Å². The van der Waals surface area contributed by atoms with Gasteiger partial charge in [-0.3, -0.25) is 9.59 Å². The van der Waals surface area contributed by atoms with Crippen molar-refractivity contribution in [1.82, 2.24) is 15.2 Å². The molecule has 0 saturated heterocycles. The number of methoxy groups -OCH3 is 2. The second-order valence-corrected chi connectivity index (χ2v) is 7.67. The smallest absolute Gasteiger partial charge is 0.480 e. The van der Waals surface area contributed by atoms with Crippen LogP contribution in [0.3, 0.4) is 0 Å². The third kappa shape index (κ3) is 6.23. The first-order valence-electron chi connectivity index (χ1n) is 9.01. The Bertz CT molecular complexity index is 980. The van der Waals surface area contributed by atoms with Crippen molar-refractivity contribution in [2.24, 2.45) is 0 Å². The van der Waals surface area contributed by atoms with Gasteiger partial charge in [0.15, 0.2) is 11.8 Å². The minimum absolute atomic E-state index is 0.0418. The molecule has 0 aliphatic carbocycles. The Hall–Kier alpha value is -3.03. The molecule has 0 saturated carbocycles. The molecule has 2 rings (SSSR count). The fourth-order valence-corrected chi connectivity index (χ4v) is 3.41. The second kappa shape index (κ2) is 10.8. The molecule has 170 valence electrons. The Morgan fingerprint density at radius 1 is 1.23 bits per heavy atom. The summed E-state index contributed by atoms with van der Waals surface area (Å²) in [6.07, 6.45) is 1.36. The van der Waals surface area contributed by atoms with E-state index < -0.39 is 35.7 Å². The monoisotopic (exact) mass is 457 g/mol. The number of thiazole rings is 1. The van der Waals surface area contributed by atoms with Crippen LogP contribution in [0.25, 0.3) is 0 Å². The van der Waals surface area contributed by atoms with Crippen molar-refractivity contribution in [3.63, 3.8) is 0 Å². The summed E-state index contributed by atoms with van der Waals surface area (Å²) in [6, 6.07) is -2.59. The lowest BCUT2D eigenvalue weighted by molar-refractivity contribution is -0.144. The van der Waals surface area contributed by atoms with Gasteiger partial charge in [0.05, 0.1) is 31.0 Å². The highest BCUT2D eigenvalue weighted by molar-refractivity contribution is 7.13. The lowest BCUT2D eigenvalue weighted by Gasteiger charge is -2.30. The molecule has 2 N–H and O–H groups in total. The first kappa shape index (κ1) is 24.2. The number of carbonyl (C=O) groups excluding carboxylic acids is 2. The average molecular weight is 457 g/mol. The molecule has 0 aromatic carbocycles. The summed E-state index contributed by atoms with van der Waals surface area (Å²) in [6.45, 7) is 2.36. The number of aryl methyl sites for hydroxylation is 2. The first-order valence-corrected chi connectivity index (χ1v) is 9.83. The molecule has 0 bridgehead atoms. The Morgan fingerprint density at radius 2 is 1.90 bits per heavy atom. The van der Waals surface area contributed by atoms with Crippen molar-refractivity contribution in [3.05, 3.63) is 38.2 Å². The maximum atomic E-state index is 13.2. The Kier molecular flexibility index (Phi) is 8.47. The zero-order chi connectivity index (χ0) is 23.1. The van der Waals surface area contributed by atoms with Crippen molar-refractivity contribution in [2.75, 3.05) is 27.4 Å². The molecule has 12 nitrogen and oxygen atoms in total. The van der Waals surface area contributed by atoms with Crippen molar-refractivity contribution in [3.8, 4) is 0 Å². The van der Waals surface area contributed by atoms with Crippen LogP contribution in [0.1, 0.15) is 26.2 Å². The number of hydrogen-bond acceptors (Lipinski definition) is 10. The number of rotatable bonds is 11. The van der Waals surface area contributed by atoms with Gasteiger partial charge < -0.3 is 33.6 Å². The van der Waals surface area contributed by atoms with Crippen LogP contribution in [-0.2, 0) is 25.6 Å². The lowest BCUT2D eigenvalue weighted by Crippen LogP contribution is -2.55. The molecule has 0 unspecified atom stereocenters. The van der Waals surface area contributed by atoms with Gasteiger partial charge in [0.1, 0.15) is 16.7 Å². The number of ether oxygens (including phenoxy) is 2. The predicted octanol–water partition coefficient (Wildman–Crippen LogP) is 0.179. The summed E-state index contributed by atoms with van der Waals surface area (Å²) in [5.74, 6) is -3.44. The van der Waals surface area contributed by atoms with E-state index in [1.54, 1.807) is 6.92 Å². The summed E-state index contributed by atoms with van der Waals surface area (Å²) in [5, 5.41) is 12.3. The van der Waals surface area contributed by atoms with Gasteiger partial charge in [-0.25, -0.2) is 14.6 Å². The highest BCUT2D eigenvalue weighted by Crippen LogP contribution is 2.20. The molecule has 2 heterocycles. The lowest BCUT2D eigenvalue weighted by atomic mass is 10.2. The highest BCUT2D eigenvalue weighted by Gasteiger charge is 2.35. The van der Waals surface area contributed by atoms with Crippen LogP contribution in [0, 0.1) is 13.8 Å². The van der Waals surface area contributed by atoms with Crippen LogP contribution >= 0.6 is 11.3 Å². The Morgan fingerprint density at radius 3 is 2.39 bits per heavy atom. The quantitative estimate of drug-likeness (QED) is 0.476. The Labute approximate surface area is 180 Å². The van der Waals surface area contributed by atoms with Gasteiger partial charge in [0.25, 0.3) is 5.91 Å². The highest BCUT2D eigenvalue weighted by atomic mass is 32.1. The van der Waals surface area contributed by atoms with Crippen LogP contribution in [0.4, 0.5) is 0 Å². The van der Waals surface area contributed by atoms with E-state index in [9.17, 15) is 24.3 Å². The van der Waals surface area contributed by atoms with Gasteiger partial charge in [-0.05, 0) is 13.8 Å². The first-order chi connectivity index (χ1) is 14.7. The number of carboxylic acids is 1. The second-order valence-electron chi connectivity index (χ2n) is 6.44. The van der Waals surface area contributed by atoms with Crippen molar-refractivity contribution >= 4 is 29.1 Å². The van der Waals surface area contributed by atoms with Crippen molar-refractivity contribution in [1.29, 1.82) is 0 Å². The number of carbonyl (C=O) groups is 3. The number of nitrogens with one attached hydrogen (secondary N) is 1. The van der Waals surface area contributed by atoms with Crippen molar-refractivity contribution < 1.29 is 37.8 Å². The zero-order valence-electron chi connectivity index (χ0n) is 17.4. The minimum Gasteiger partial charge on any atom is -0.480 e. The van der Waals surface area contributed by atoms with Crippen LogP contribution in [0.15, 0.2) is 19.8 Å². The maximum Gasteiger partial charge on any atom is 0.519 e. The minimum atomic E-state index is -1.34. The molecule has 2 aromatic heterocycles. The van der Waals surface area contributed by atoms with Gasteiger partial charge >= 0.3 is 11.8 Å². The van der Waals surface area contributed by atoms with E-state index in [2.05, 4.69) is 10.3 Å². The molecule has 31 heavy (non-hydrogen) atoms. The summed E-state index contributed by atoms with van der Waals surface area (Å²) in [4.78, 5) is 54.4. The molecule has 0 aliphatic heterocycles. The van der Waals surface area contributed by atoms with Gasteiger partial charge in [-0.1, -0.05) is 0 Å². The number of aromatic nitrogens is 1. The van der Waals surface area contributed by atoms with Crippen LogP contribution in [0.2, 0.25) is 0 Å². The normalized spacial score (nSPS) is 12.9. The number of nitrogens with zero attached hydrogens (tertiary/aromatic N) is 2. The SMILES string of the molecule is COC[C@H](NC(=O)[C@H](COC)N(Cc1oc(=O)oc1C)C(=O)c1cnc(C)s1)C(=O)O. The molecule has 0 fully saturated rings. The third-order valence-electron chi connectivity index (χ3n) is 4.19. The zero-order valence-corrected chi connectivity index (χ0v) is 18.2.